The van der Waals surface area contributed by atoms with Crippen molar-refractivity contribution >= 4 is 5.91 Å². The molecule has 2 saturated heterocycles. The van der Waals surface area contributed by atoms with E-state index in [0.717, 1.165) is 63.6 Å². The lowest BCUT2D eigenvalue weighted by atomic mass is 10.1. The van der Waals surface area contributed by atoms with Gasteiger partial charge in [0, 0.05) is 39.4 Å². The number of rotatable bonds is 4. The van der Waals surface area contributed by atoms with Gasteiger partial charge in [-0.25, -0.2) is 0 Å². The van der Waals surface area contributed by atoms with Crippen LogP contribution in [0, 0.1) is 0 Å². The largest absolute Gasteiger partial charge is 0.379 e. The number of pyridine rings is 1. The van der Waals surface area contributed by atoms with Crippen molar-refractivity contribution in [3.05, 3.63) is 47.5 Å². The Morgan fingerprint density at radius 3 is 2.85 bits per heavy atom. The third-order valence-corrected chi connectivity index (χ3v) is 5.21. The monoisotopic (exact) mass is 355 g/mol. The van der Waals surface area contributed by atoms with Crippen LogP contribution in [0.4, 0.5) is 0 Å². The fourth-order valence-electron chi connectivity index (χ4n) is 3.81. The van der Waals surface area contributed by atoms with E-state index < -0.39 is 0 Å². The smallest absolute Gasteiger partial charge is 0.272 e. The van der Waals surface area contributed by atoms with Crippen molar-refractivity contribution in [3.8, 4) is 0 Å². The third kappa shape index (κ3) is 3.50. The Kier molecular flexibility index (Phi) is 4.99. The number of aromatic nitrogens is 3. The number of carbonyl (C=O) groups excluding carboxylic acids is 1. The Morgan fingerprint density at radius 2 is 2.08 bits per heavy atom. The van der Waals surface area contributed by atoms with E-state index in [1.807, 2.05) is 11.0 Å². The number of hydrogen-bond donors (Lipinski definition) is 0. The van der Waals surface area contributed by atoms with Crippen LogP contribution in [-0.4, -0.2) is 63.3 Å². The van der Waals surface area contributed by atoms with Crippen LogP contribution in [0.25, 0.3) is 0 Å². The second-order valence-corrected chi connectivity index (χ2v) is 6.94. The van der Waals surface area contributed by atoms with Gasteiger partial charge in [-0.15, -0.1) is 0 Å². The molecular formula is C19H25N5O2. The van der Waals surface area contributed by atoms with Crippen LogP contribution in [0.15, 0.2) is 30.5 Å². The number of amides is 1. The normalized spacial score (nSPS) is 21.3. The molecule has 0 bridgehead atoms. The van der Waals surface area contributed by atoms with Crippen LogP contribution in [0.5, 0.6) is 0 Å². The SMILES string of the molecule is Cn1nccc1C(=O)N1CCC[C@H]1c1cccc(CN2CCOCC2)n1. The average molecular weight is 355 g/mol. The minimum Gasteiger partial charge on any atom is -0.379 e. The van der Waals surface area contributed by atoms with Crippen LogP contribution >= 0.6 is 0 Å². The van der Waals surface area contributed by atoms with Crippen molar-refractivity contribution < 1.29 is 9.53 Å². The quantitative estimate of drug-likeness (QED) is 0.834. The van der Waals surface area contributed by atoms with Gasteiger partial charge >= 0.3 is 0 Å². The van der Waals surface area contributed by atoms with Crippen LogP contribution in [0.1, 0.15) is 40.8 Å². The average Bonchev–Trinajstić information content (AvgIpc) is 3.31. The first-order valence-electron chi connectivity index (χ1n) is 9.27. The van der Waals surface area contributed by atoms with Gasteiger partial charge in [0.25, 0.3) is 5.91 Å². The van der Waals surface area contributed by atoms with E-state index in [-0.39, 0.29) is 11.9 Å². The van der Waals surface area contributed by atoms with E-state index in [2.05, 4.69) is 22.1 Å². The Morgan fingerprint density at radius 1 is 1.23 bits per heavy atom. The number of likely N-dealkylation sites (tertiary alicyclic amines) is 1. The fourth-order valence-corrected chi connectivity index (χ4v) is 3.81. The number of hydrogen-bond acceptors (Lipinski definition) is 5. The van der Waals surface area contributed by atoms with Gasteiger partial charge in [0.05, 0.1) is 30.6 Å². The van der Waals surface area contributed by atoms with Crippen molar-refractivity contribution in [1.82, 2.24) is 24.6 Å². The minimum atomic E-state index is 0.0351. The zero-order valence-electron chi connectivity index (χ0n) is 15.2. The van der Waals surface area contributed by atoms with Crippen molar-refractivity contribution in [1.29, 1.82) is 0 Å². The molecule has 7 nitrogen and oxygen atoms in total. The van der Waals surface area contributed by atoms with Gasteiger partial charge in [0.15, 0.2) is 0 Å². The van der Waals surface area contributed by atoms with Gasteiger partial charge in [0.1, 0.15) is 5.69 Å². The van der Waals surface area contributed by atoms with Gasteiger partial charge in [0.2, 0.25) is 0 Å². The number of aryl methyl sites for hydroxylation is 1. The second-order valence-electron chi connectivity index (χ2n) is 6.94. The highest BCUT2D eigenvalue weighted by molar-refractivity contribution is 5.93. The van der Waals surface area contributed by atoms with Crippen molar-refractivity contribution in [2.75, 3.05) is 32.8 Å². The molecule has 2 aliphatic rings. The molecule has 138 valence electrons. The predicted octanol–water partition coefficient (Wildman–Crippen LogP) is 1.62. The summed E-state index contributed by atoms with van der Waals surface area (Å²) in [6.45, 7) is 5.06. The lowest BCUT2D eigenvalue weighted by molar-refractivity contribution is 0.0336. The third-order valence-electron chi connectivity index (χ3n) is 5.21. The number of nitrogens with zero attached hydrogens (tertiary/aromatic N) is 5. The topological polar surface area (TPSA) is 63.5 Å². The summed E-state index contributed by atoms with van der Waals surface area (Å²) in [5.41, 5.74) is 2.68. The molecule has 0 saturated carbocycles. The Bertz CT molecular complexity index is 769. The Hall–Kier alpha value is -2.25. The van der Waals surface area contributed by atoms with E-state index in [9.17, 15) is 4.79 Å². The summed E-state index contributed by atoms with van der Waals surface area (Å²) in [7, 11) is 1.81. The van der Waals surface area contributed by atoms with Gasteiger partial charge in [-0.1, -0.05) is 6.07 Å². The molecule has 4 rings (SSSR count). The second kappa shape index (κ2) is 7.55. The van der Waals surface area contributed by atoms with Gasteiger partial charge in [-0.05, 0) is 31.0 Å². The summed E-state index contributed by atoms with van der Waals surface area (Å²) in [4.78, 5) is 22.1. The lowest BCUT2D eigenvalue weighted by Crippen LogP contribution is -2.36. The van der Waals surface area contributed by atoms with E-state index in [1.54, 1.807) is 24.0 Å². The van der Waals surface area contributed by atoms with E-state index in [0.29, 0.717) is 5.69 Å². The van der Waals surface area contributed by atoms with E-state index in [4.69, 9.17) is 9.72 Å². The molecule has 0 radical (unpaired) electrons. The van der Waals surface area contributed by atoms with Crippen LogP contribution < -0.4 is 0 Å². The van der Waals surface area contributed by atoms with Gasteiger partial charge in [-0.3, -0.25) is 19.4 Å². The molecule has 2 aromatic heterocycles. The molecule has 4 heterocycles. The molecule has 1 amide bonds. The molecule has 0 unspecified atom stereocenters. The van der Waals surface area contributed by atoms with Crippen molar-refractivity contribution in [3.63, 3.8) is 0 Å². The molecule has 0 spiro atoms. The highest BCUT2D eigenvalue weighted by atomic mass is 16.5. The zero-order valence-corrected chi connectivity index (χ0v) is 15.2. The van der Waals surface area contributed by atoms with E-state index in [1.165, 1.54) is 0 Å². The lowest BCUT2D eigenvalue weighted by Gasteiger charge is -2.27. The maximum absolute atomic E-state index is 12.9. The first-order valence-corrected chi connectivity index (χ1v) is 9.27. The van der Waals surface area contributed by atoms with Gasteiger partial charge in [-0.2, -0.15) is 5.10 Å². The molecular weight excluding hydrogens is 330 g/mol. The molecule has 0 aromatic carbocycles. The van der Waals surface area contributed by atoms with Crippen LogP contribution in [-0.2, 0) is 18.3 Å². The molecule has 1 atom stereocenters. The molecule has 0 N–H and O–H groups in total. The highest BCUT2D eigenvalue weighted by Gasteiger charge is 2.32. The Labute approximate surface area is 153 Å². The minimum absolute atomic E-state index is 0.0351. The fraction of sp³-hybridized carbons (Fsp3) is 0.526. The standard InChI is InChI=1S/C19H25N5O2/c1-22-18(7-8-20-22)19(25)24-9-3-6-17(24)16-5-2-4-15(21-16)14-23-10-12-26-13-11-23/h2,4-5,7-8,17H,3,6,9-14H2,1H3/t17-/m0/s1. The zero-order chi connectivity index (χ0) is 17.9. The Balaban J connectivity index is 1.51. The van der Waals surface area contributed by atoms with E-state index >= 15 is 0 Å². The number of carbonyl (C=O) groups is 1. The summed E-state index contributed by atoms with van der Waals surface area (Å²) in [6, 6.07) is 7.99. The summed E-state index contributed by atoms with van der Waals surface area (Å²) in [5, 5.41) is 4.12. The summed E-state index contributed by atoms with van der Waals surface area (Å²) < 4.78 is 7.05. The van der Waals surface area contributed by atoms with Crippen LogP contribution in [0.3, 0.4) is 0 Å². The maximum Gasteiger partial charge on any atom is 0.272 e. The molecule has 2 aromatic rings. The molecule has 26 heavy (non-hydrogen) atoms. The predicted molar refractivity (Wildman–Crippen MR) is 96.6 cm³/mol. The summed E-state index contributed by atoms with van der Waals surface area (Å²) in [5.74, 6) is 0.0351. The molecule has 7 heteroatoms. The first-order chi connectivity index (χ1) is 12.7. The van der Waals surface area contributed by atoms with Crippen molar-refractivity contribution in [2.45, 2.75) is 25.4 Å². The van der Waals surface area contributed by atoms with Crippen LogP contribution in [0.2, 0.25) is 0 Å². The molecule has 0 aliphatic carbocycles. The number of ether oxygens (including phenoxy) is 1. The highest BCUT2D eigenvalue weighted by Crippen LogP contribution is 2.32. The molecule has 2 fully saturated rings. The van der Waals surface area contributed by atoms with Crippen molar-refractivity contribution in [2.24, 2.45) is 7.05 Å². The number of morpholine rings is 1. The first kappa shape index (κ1) is 17.2. The maximum atomic E-state index is 12.9. The molecule has 2 aliphatic heterocycles. The summed E-state index contributed by atoms with van der Waals surface area (Å²) >= 11 is 0. The van der Waals surface area contributed by atoms with Gasteiger partial charge < -0.3 is 9.64 Å². The summed E-state index contributed by atoms with van der Waals surface area (Å²) in [6.07, 6.45) is 3.63.